The van der Waals surface area contributed by atoms with Gasteiger partial charge in [-0.3, -0.25) is 0 Å². The van der Waals surface area contributed by atoms with Crippen molar-refractivity contribution >= 4 is 34.2 Å². The van der Waals surface area contributed by atoms with Gasteiger partial charge in [-0.2, -0.15) is 0 Å². The number of cyclic esters (lactones) is 1. The van der Waals surface area contributed by atoms with Crippen molar-refractivity contribution in [1.29, 1.82) is 0 Å². The van der Waals surface area contributed by atoms with Gasteiger partial charge in [-0.15, -0.1) is 0 Å². The molecule has 33 heavy (non-hydrogen) atoms. The molecule has 3 fully saturated rings. The molecule has 3 saturated heterocycles. The number of rotatable bonds is 4. The molecule has 10 heteroatoms. The zero-order valence-electron chi connectivity index (χ0n) is 20.3. The Morgan fingerprint density at radius 3 is 2.03 bits per heavy atom. The summed E-state index contributed by atoms with van der Waals surface area (Å²) in [5.74, 6) is -1.73. The van der Waals surface area contributed by atoms with Crippen LogP contribution in [0.4, 0.5) is 0 Å². The summed E-state index contributed by atoms with van der Waals surface area (Å²) in [5.41, 5.74) is 1.17. The lowest BCUT2D eigenvalue weighted by Gasteiger charge is -2.22. The molecule has 3 rings (SSSR count). The lowest BCUT2D eigenvalue weighted by molar-refractivity contribution is -0.163. The number of ether oxygens (including phenoxy) is 6. The molecular weight excluding hydrogens is 500 g/mol. The number of hydrogen-bond donors (Lipinski definition) is 0. The van der Waals surface area contributed by atoms with Crippen molar-refractivity contribution in [2.75, 3.05) is 25.7 Å². The minimum absolute atomic E-state index is 0.000000000000000444. The monoisotopic (exact) mass is 534 g/mol. The first-order valence-electron chi connectivity index (χ1n) is 10.6. The van der Waals surface area contributed by atoms with Crippen LogP contribution in [-0.4, -0.2) is 73.8 Å². The van der Waals surface area contributed by atoms with Crippen molar-refractivity contribution in [1.82, 2.24) is 0 Å². The van der Waals surface area contributed by atoms with Gasteiger partial charge in [0, 0.05) is 22.4 Å². The molecule has 0 amide bonds. The summed E-state index contributed by atoms with van der Waals surface area (Å²) in [4.78, 5) is 32.0. The van der Waals surface area contributed by atoms with Crippen molar-refractivity contribution in [2.24, 2.45) is 5.92 Å². The maximum Gasteiger partial charge on any atom is 0.334 e. The van der Waals surface area contributed by atoms with Gasteiger partial charge in [0.25, 0.3) is 0 Å². The van der Waals surface area contributed by atoms with E-state index in [2.05, 4.69) is 27.2 Å². The van der Waals surface area contributed by atoms with Gasteiger partial charge in [-0.25, -0.2) is 9.59 Å². The second-order valence-electron chi connectivity index (χ2n) is 8.49. The normalized spacial score (nSPS) is 29.9. The highest BCUT2D eigenvalue weighted by Gasteiger charge is 2.46. The van der Waals surface area contributed by atoms with Gasteiger partial charge in [0.15, 0.2) is 17.9 Å². The third kappa shape index (κ3) is 8.94. The standard InChI is InChI=1S/C11H16O4.C6H9BrO2.C6H10O3/c1-6-7(2)10(12)14-9(6)8-5-13-11(3,4)15-8;1-3-5(4-7)6(8)9-2;1-6(2)8-4-5(3-7)9-6/h6,8-9H,2,5H2,1,3-4H3;3H,4H2,1-2H3;3,5H,4H2,1-2H3/b;5-3+;. The lowest BCUT2D eigenvalue weighted by atomic mass is 9.96. The Hall–Kier alpha value is -1.59. The Balaban J connectivity index is 0.000000264. The molecule has 0 aromatic heterocycles. The van der Waals surface area contributed by atoms with Crippen molar-refractivity contribution in [3.8, 4) is 0 Å². The molecule has 0 spiro atoms. The first-order chi connectivity index (χ1) is 15.3. The van der Waals surface area contributed by atoms with E-state index in [4.69, 9.17) is 23.7 Å². The maximum atomic E-state index is 11.3. The highest BCUT2D eigenvalue weighted by Crippen LogP contribution is 2.34. The number of allylic oxidation sites excluding steroid dienone is 1. The Morgan fingerprint density at radius 1 is 1.18 bits per heavy atom. The molecule has 0 aromatic carbocycles. The Morgan fingerprint density at radius 2 is 1.76 bits per heavy atom. The first kappa shape index (κ1) is 29.4. The van der Waals surface area contributed by atoms with Gasteiger partial charge in [0.1, 0.15) is 18.3 Å². The Kier molecular flexibility index (Phi) is 11.4. The number of hydrogen-bond acceptors (Lipinski definition) is 9. The van der Waals surface area contributed by atoms with E-state index in [0.717, 1.165) is 6.29 Å². The average molecular weight is 535 g/mol. The van der Waals surface area contributed by atoms with Crippen molar-refractivity contribution in [2.45, 2.75) is 71.4 Å². The van der Waals surface area contributed by atoms with Crippen LogP contribution in [-0.2, 0) is 42.8 Å². The second kappa shape index (κ2) is 12.8. The molecular formula is C23H35BrO9. The van der Waals surface area contributed by atoms with Crippen LogP contribution in [0.25, 0.3) is 0 Å². The molecule has 188 valence electrons. The zero-order valence-corrected chi connectivity index (χ0v) is 21.9. The van der Waals surface area contributed by atoms with Gasteiger partial charge < -0.3 is 33.2 Å². The van der Waals surface area contributed by atoms with Crippen molar-refractivity contribution in [3.63, 3.8) is 0 Å². The minimum Gasteiger partial charge on any atom is -0.466 e. The molecule has 0 N–H and O–H groups in total. The lowest BCUT2D eigenvalue weighted by Crippen LogP contribution is -2.34. The summed E-state index contributed by atoms with van der Waals surface area (Å²) in [7, 11) is 1.37. The van der Waals surface area contributed by atoms with E-state index in [-0.39, 0.29) is 36.2 Å². The molecule has 0 saturated carbocycles. The largest absolute Gasteiger partial charge is 0.466 e. The predicted octanol–water partition coefficient (Wildman–Crippen LogP) is 3.09. The number of alkyl halides is 1. The SMILES string of the molecule is C/C=C(\CBr)C(=O)OC.C=C1C(=O)OC(C2COC(C)(C)O2)C1C.CC1(C)OCC(C=O)O1. The highest BCUT2D eigenvalue weighted by atomic mass is 79.9. The van der Waals surface area contributed by atoms with E-state index in [1.54, 1.807) is 26.8 Å². The molecule has 4 unspecified atom stereocenters. The van der Waals surface area contributed by atoms with E-state index in [1.165, 1.54) is 7.11 Å². The highest BCUT2D eigenvalue weighted by molar-refractivity contribution is 9.09. The average Bonchev–Trinajstić information content (AvgIpc) is 3.39. The molecule has 3 heterocycles. The fourth-order valence-electron chi connectivity index (χ4n) is 3.12. The summed E-state index contributed by atoms with van der Waals surface area (Å²) in [6, 6.07) is 0. The van der Waals surface area contributed by atoms with Crippen LogP contribution in [0.2, 0.25) is 0 Å². The number of carbonyl (C=O) groups excluding carboxylic acids is 3. The van der Waals surface area contributed by atoms with E-state index < -0.39 is 11.6 Å². The fraction of sp³-hybridized carbons (Fsp3) is 0.696. The molecule has 4 atom stereocenters. The summed E-state index contributed by atoms with van der Waals surface area (Å²) in [5, 5.41) is 0.552. The van der Waals surface area contributed by atoms with Gasteiger partial charge in [-0.1, -0.05) is 35.5 Å². The summed E-state index contributed by atoms with van der Waals surface area (Å²) in [6.07, 6.45) is 1.68. The Labute approximate surface area is 203 Å². The smallest absolute Gasteiger partial charge is 0.334 e. The van der Waals surface area contributed by atoms with Crippen LogP contribution in [0.15, 0.2) is 23.8 Å². The first-order valence-corrected chi connectivity index (χ1v) is 11.7. The zero-order chi connectivity index (χ0) is 25.4. The van der Waals surface area contributed by atoms with E-state index in [1.807, 2.05) is 20.8 Å². The third-order valence-electron chi connectivity index (χ3n) is 5.07. The van der Waals surface area contributed by atoms with Crippen LogP contribution in [0.5, 0.6) is 0 Å². The topological polar surface area (TPSA) is 107 Å². The number of esters is 2. The molecule has 9 nitrogen and oxygen atoms in total. The molecule has 3 aliphatic heterocycles. The summed E-state index contributed by atoms with van der Waals surface area (Å²) in [6.45, 7) is 15.5. The van der Waals surface area contributed by atoms with Gasteiger partial charge in [0.05, 0.1) is 20.3 Å². The maximum absolute atomic E-state index is 11.3. The van der Waals surface area contributed by atoms with Crippen LogP contribution in [0, 0.1) is 5.92 Å². The van der Waals surface area contributed by atoms with Crippen LogP contribution in [0.3, 0.4) is 0 Å². The summed E-state index contributed by atoms with van der Waals surface area (Å²) < 4.78 is 31.0. The van der Waals surface area contributed by atoms with Crippen LogP contribution in [0.1, 0.15) is 41.5 Å². The fourth-order valence-corrected chi connectivity index (χ4v) is 3.68. The second-order valence-corrected chi connectivity index (χ2v) is 9.05. The minimum atomic E-state index is -0.583. The van der Waals surface area contributed by atoms with Crippen LogP contribution < -0.4 is 0 Å². The third-order valence-corrected chi connectivity index (χ3v) is 5.67. The van der Waals surface area contributed by atoms with Gasteiger partial charge in [0.2, 0.25) is 0 Å². The molecule has 0 aliphatic carbocycles. The van der Waals surface area contributed by atoms with E-state index in [9.17, 15) is 14.4 Å². The number of methoxy groups -OCH3 is 1. The molecule has 3 aliphatic rings. The summed E-state index contributed by atoms with van der Waals surface area (Å²) >= 11 is 3.15. The quantitative estimate of drug-likeness (QED) is 0.232. The van der Waals surface area contributed by atoms with Crippen molar-refractivity contribution < 1.29 is 42.8 Å². The Bertz CT molecular complexity index is 744. The van der Waals surface area contributed by atoms with Gasteiger partial charge in [-0.05, 0) is 34.6 Å². The molecule has 0 aromatic rings. The van der Waals surface area contributed by atoms with E-state index >= 15 is 0 Å². The molecule has 0 radical (unpaired) electrons. The van der Waals surface area contributed by atoms with Crippen molar-refractivity contribution in [3.05, 3.63) is 23.8 Å². The number of aldehydes is 1. The van der Waals surface area contributed by atoms with Crippen LogP contribution >= 0.6 is 15.9 Å². The molecule has 0 bridgehead atoms. The van der Waals surface area contributed by atoms with E-state index in [0.29, 0.717) is 29.7 Å². The van der Waals surface area contributed by atoms with Gasteiger partial charge >= 0.3 is 11.9 Å². The number of halogens is 1. The predicted molar refractivity (Wildman–Crippen MR) is 124 cm³/mol. The number of carbonyl (C=O) groups is 3.